The highest BCUT2D eigenvalue weighted by Crippen LogP contribution is 2.40. The van der Waals surface area contributed by atoms with Gasteiger partial charge in [0.05, 0.1) is 26.6 Å². The van der Waals surface area contributed by atoms with Gasteiger partial charge in [-0.05, 0) is 64.4 Å². The highest BCUT2D eigenvalue weighted by atomic mass is 32.1. The molecule has 0 amide bonds. The highest BCUT2D eigenvalue weighted by Gasteiger charge is 2.19. The van der Waals surface area contributed by atoms with Crippen LogP contribution < -0.4 is 0 Å². The van der Waals surface area contributed by atoms with Crippen molar-refractivity contribution in [3.63, 3.8) is 0 Å². The van der Waals surface area contributed by atoms with Crippen LogP contribution in [0.2, 0.25) is 0 Å². The van der Waals surface area contributed by atoms with Crippen LogP contribution >= 0.6 is 11.3 Å². The van der Waals surface area contributed by atoms with Crippen LogP contribution in [-0.4, -0.2) is 9.55 Å². The molecule has 0 fully saturated rings. The molecule has 0 saturated carbocycles. The van der Waals surface area contributed by atoms with E-state index in [1.807, 2.05) is 12.1 Å². The van der Waals surface area contributed by atoms with Crippen molar-refractivity contribution in [2.45, 2.75) is 0 Å². The van der Waals surface area contributed by atoms with Crippen molar-refractivity contribution in [1.29, 1.82) is 0 Å². The Bertz CT molecular complexity index is 2410. The first kappa shape index (κ1) is 21.1. The van der Waals surface area contributed by atoms with Crippen molar-refractivity contribution in [3.05, 3.63) is 121 Å². The van der Waals surface area contributed by atoms with Crippen LogP contribution in [0.4, 0.5) is 0 Å². The molecule has 3 nitrogen and oxygen atoms in total. The molecule has 0 aliphatic rings. The molecular formula is C35H20N2OS. The fraction of sp³-hybridized carbons (Fsp3) is 0. The first-order chi connectivity index (χ1) is 19.3. The molecule has 0 radical (unpaired) electrons. The van der Waals surface area contributed by atoms with Gasteiger partial charge in [-0.1, -0.05) is 90.2 Å². The Morgan fingerprint density at radius 3 is 2.26 bits per heavy atom. The fourth-order valence-corrected chi connectivity index (χ4v) is 7.01. The van der Waals surface area contributed by atoms with E-state index in [0.717, 1.165) is 48.3 Å². The van der Waals surface area contributed by atoms with Crippen molar-refractivity contribution in [3.8, 4) is 16.3 Å². The van der Waals surface area contributed by atoms with Crippen LogP contribution in [0.25, 0.3) is 81.0 Å². The zero-order valence-corrected chi connectivity index (χ0v) is 21.6. The lowest BCUT2D eigenvalue weighted by Gasteiger charge is -2.06. The van der Waals surface area contributed by atoms with E-state index in [1.54, 1.807) is 11.3 Å². The summed E-state index contributed by atoms with van der Waals surface area (Å²) in [6.07, 6.45) is 0. The number of benzene rings is 6. The number of hydrogen-bond donors (Lipinski definition) is 0. The predicted octanol–water partition coefficient (Wildman–Crippen LogP) is 10.1. The van der Waals surface area contributed by atoms with E-state index in [9.17, 15) is 0 Å². The summed E-state index contributed by atoms with van der Waals surface area (Å²) in [5.74, 6) is 0. The summed E-state index contributed by atoms with van der Waals surface area (Å²) in [5, 5.41) is 8.14. The standard InChI is InChI=1S/C35H20N2OS/c1-2-8-22-19-23(14-13-21(22)7-1)24-15-16-29-27(20-24)25-9-3-5-11-28(25)37(29)35-36-34-32(39-35)18-17-31-33(34)26-10-4-6-12-30(26)38-31/h1-20H. The molecule has 0 spiro atoms. The first-order valence-electron chi connectivity index (χ1n) is 13.1. The minimum Gasteiger partial charge on any atom is -0.456 e. The summed E-state index contributed by atoms with van der Waals surface area (Å²) in [6.45, 7) is 0. The van der Waals surface area contributed by atoms with Crippen LogP contribution in [0.3, 0.4) is 0 Å². The number of thiazole rings is 1. The number of hydrogen-bond acceptors (Lipinski definition) is 3. The van der Waals surface area contributed by atoms with Gasteiger partial charge in [0.2, 0.25) is 0 Å². The third-order valence-corrected chi connectivity index (χ3v) is 8.84. The van der Waals surface area contributed by atoms with Crippen LogP contribution in [0, 0.1) is 0 Å². The molecular weight excluding hydrogens is 496 g/mol. The molecule has 4 heteroatoms. The minimum atomic E-state index is 0.878. The van der Waals surface area contributed by atoms with Gasteiger partial charge in [0.25, 0.3) is 0 Å². The first-order valence-corrected chi connectivity index (χ1v) is 13.9. The second kappa shape index (κ2) is 7.79. The predicted molar refractivity (Wildman–Crippen MR) is 164 cm³/mol. The van der Waals surface area contributed by atoms with E-state index in [2.05, 4.69) is 114 Å². The van der Waals surface area contributed by atoms with Crippen LogP contribution in [0.1, 0.15) is 0 Å². The maximum Gasteiger partial charge on any atom is 0.195 e. The van der Waals surface area contributed by atoms with E-state index in [1.165, 1.54) is 32.7 Å². The topological polar surface area (TPSA) is 31.0 Å². The Hall–Kier alpha value is -4.93. The maximum absolute atomic E-state index is 6.14. The van der Waals surface area contributed by atoms with E-state index in [0.29, 0.717) is 0 Å². The van der Waals surface area contributed by atoms with Gasteiger partial charge in [0.15, 0.2) is 5.13 Å². The molecule has 0 saturated heterocycles. The van der Waals surface area contributed by atoms with Gasteiger partial charge in [-0.25, -0.2) is 4.98 Å². The van der Waals surface area contributed by atoms with Crippen molar-refractivity contribution in [2.75, 3.05) is 0 Å². The molecule has 9 rings (SSSR count). The molecule has 6 aromatic carbocycles. The van der Waals surface area contributed by atoms with Crippen LogP contribution in [-0.2, 0) is 0 Å². The van der Waals surface area contributed by atoms with Gasteiger partial charge in [0, 0.05) is 16.2 Å². The zero-order chi connectivity index (χ0) is 25.5. The van der Waals surface area contributed by atoms with Crippen LogP contribution in [0.15, 0.2) is 126 Å². The van der Waals surface area contributed by atoms with Crippen molar-refractivity contribution in [2.24, 2.45) is 0 Å². The number of furan rings is 1. The lowest BCUT2D eigenvalue weighted by Crippen LogP contribution is -1.92. The summed E-state index contributed by atoms with van der Waals surface area (Å²) in [6, 6.07) is 43.1. The lowest BCUT2D eigenvalue weighted by atomic mass is 9.99. The quantitative estimate of drug-likeness (QED) is 0.229. The number of rotatable bonds is 2. The zero-order valence-electron chi connectivity index (χ0n) is 20.8. The maximum atomic E-state index is 6.14. The monoisotopic (exact) mass is 516 g/mol. The van der Waals surface area contributed by atoms with Crippen molar-refractivity contribution >= 4 is 76.1 Å². The molecule has 0 unspecified atom stereocenters. The second-order valence-electron chi connectivity index (χ2n) is 10.0. The summed E-state index contributed by atoms with van der Waals surface area (Å²) >= 11 is 1.72. The molecule has 39 heavy (non-hydrogen) atoms. The summed E-state index contributed by atoms with van der Waals surface area (Å²) < 4.78 is 9.61. The Kier molecular flexibility index (Phi) is 4.21. The Morgan fingerprint density at radius 1 is 0.564 bits per heavy atom. The molecule has 3 heterocycles. The number of nitrogens with zero attached hydrogens (tertiary/aromatic N) is 2. The van der Waals surface area contributed by atoms with Crippen LogP contribution in [0.5, 0.6) is 0 Å². The molecule has 182 valence electrons. The molecule has 3 aromatic heterocycles. The van der Waals surface area contributed by atoms with Crippen molar-refractivity contribution < 1.29 is 4.42 Å². The summed E-state index contributed by atoms with van der Waals surface area (Å²) in [5.41, 5.74) is 7.53. The van der Waals surface area contributed by atoms with Gasteiger partial charge in [-0.2, -0.15) is 0 Å². The van der Waals surface area contributed by atoms with Gasteiger partial charge >= 0.3 is 0 Å². The van der Waals surface area contributed by atoms with E-state index in [4.69, 9.17) is 9.40 Å². The Labute approximate surface area is 227 Å². The normalized spacial score (nSPS) is 12.1. The van der Waals surface area contributed by atoms with Gasteiger partial charge in [-0.3, -0.25) is 4.57 Å². The Balaban J connectivity index is 1.30. The lowest BCUT2D eigenvalue weighted by molar-refractivity contribution is 0.669. The molecule has 0 atom stereocenters. The molecule has 0 aliphatic heterocycles. The highest BCUT2D eigenvalue weighted by molar-refractivity contribution is 7.21. The van der Waals surface area contributed by atoms with E-state index >= 15 is 0 Å². The molecule has 9 aromatic rings. The number of fused-ring (bicyclic) bond motifs is 9. The summed E-state index contributed by atoms with van der Waals surface area (Å²) in [4.78, 5) is 5.24. The molecule has 0 bridgehead atoms. The third-order valence-electron chi connectivity index (χ3n) is 7.83. The largest absolute Gasteiger partial charge is 0.456 e. The average molecular weight is 517 g/mol. The number of para-hydroxylation sites is 2. The van der Waals surface area contributed by atoms with E-state index < -0.39 is 0 Å². The van der Waals surface area contributed by atoms with Gasteiger partial charge < -0.3 is 4.42 Å². The second-order valence-corrected chi connectivity index (χ2v) is 11.0. The SMILES string of the molecule is c1ccc2cc(-c3ccc4c(c3)c3ccccc3n4-c3nc4c(ccc5oc6ccccc6c54)s3)ccc2c1. The summed E-state index contributed by atoms with van der Waals surface area (Å²) in [7, 11) is 0. The number of aromatic nitrogens is 2. The third kappa shape index (κ3) is 3.01. The fourth-order valence-electron chi connectivity index (χ4n) is 6.01. The molecule has 0 N–H and O–H groups in total. The van der Waals surface area contributed by atoms with Gasteiger partial charge in [-0.15, -0.1) is 0 Å². The van der Waals surface area contributed by atoms with E-state index in [-0.39, 0.29) is 0 Å². The minimum absolute atomic E-state index is 0.878. The van der Waals surface area contributed by atoms with Gasteiger partial charge in [0.1, 0.15) is 11.2 Å². The smallest absolute Gasteiger partial charge is 0.195 e. The molecule has 0 aliphatic carbocycles. The average Bonchev–Trinajstić information content (AvgIpc) is 3.67. The Morgan fingerprint density at radius 2 is 1.31 bits per heavy atom. The van der Waals surface area contributed by atoms with Crippen molar-refractivity contribution in [1.82, 2.24) is 9.55 Å².